The summed E-state index contributed by atoms with van der Waals surface area (Å²) < 4.78 is 0. The van der Waals surface area contributed by atoms with E-state index in [1.807, 2.05) is 139 Å². The van der Waals surface area contributed by atoms with Crippen LogP contribution in [0.2, 0.25) is 0 Å². The zero-order valence-electron chi connectivity index (χ0n) is 51.5. The fraction of sp³-hybridized carbons (Fsp3) is 0.405. The maximum Gasteiger partial charge on any atom is 0.251 e. The van der Waals surface area contributed by atoms with Crippen LogP contribution in [0.1, 0.15) is 214 Å². The molecule has 0 radical (unpaired) electrons. The number of benzene rings is 6. The van der Waals surface area contributed by atoms with Gasteiger partial charge < -0.3 is 30.4 Å². The number of aromatic hydroxyl groups is 4. The second-order valence-corrected chi connectivity index (χ2v) is 25.2. The summed E-state index contributed by atoms with van der Waals surface area (Å²) in [5, 5.41) is 50.4. The smallest absolute Gasteiger partial charge is 0.251 e. The summed E-state index contributed by atoms with van der Waals surface area (Å²) in [4.78, 5) is 45.0. The van der Waals surface area contributed by atoms with Crippen LogP contribution in [0.5, 0.6) is 23.0 Å². The SMILES string of the molecule is CCCCCc1c(CCCCC)c2cc(O)c(-c3cc(C=N[C@H](c4ccccc4)[C@H](N=Cc4cc(-c5cc6[nH]c(=O)c(CCCCC)c(CCCCC)c6cc5O)cc(C(C)(C)C)c4O)c4ccccc4)c(O)c(C(C)(C)C)c3)cc2[nH]c1=O. The molecule has 0 aliphatic carbocycles. The van der Waals surface area contributed by atoms with E-state index in [0.29, 0.717) is 68.4 Å². The number of unbranched alkanes of at least 4 members (excludes halogenated alkanes) is 8. The van der Waals surface area contributed by atoms with Crippen LogP contribution in [0, 0.1) is 0 Å². The monoisotopic (exact) mass is 1130 g/mol. The van der Waals surface area contributed by atoms with E-state index in [1.54, 1.807) is 24.6 Å². The normalized spacial score (nSPS) is 13.0. The molecule has 2 aromatic heterocycles. The minimum Gasteiger partial charge on any atom is -0.507 e. The Balaban J connectivity index is 1.26. The van der Waals surface area contributed by atoms with Gasteiger partial charge in [0.2, 0.25) is 0 Å². The molecular formula is C74H90N4O6. The van der Waals surface area contributed by atoms with Crippen molar-refractivity contribution in [3.8, 4) is 45.3 Å². The summed E-state index contributed by atoms with van der Waals surface area (Å²) in [6, 6.07) is 33.3. The molecule has 8 aromatic rings. The highest BCUT2D eigenvalue weighted by Gasteiger charge is 2.28. The summed E-state index contributed by atoms with van der Waals surface area (Å²) in [5.41, 5.74) is 9.95. The number of H-pyrrole nitrogens is 2. The van der Waals surface area contributed by atoms with Crippen molar-refractivity contribution in [1.82, 2.24) is 9.97 Å². The molecule has 0 aliphatic rings. The van der Waals surface area contributed by atoms with Gasteiger partial charge in [-0.2, -0.15) is 0 Å². The number of nitrogens with one attached hydrogen (secondary N) is 2. The minimum atomic E-state index is -0.657. The molecule has 0 aliphatic heterocycles. The number of phenols is 4. The van der Waals surface area contributed by atoms with Crippen molar-refractivity contribution in [2.24, 2.45) is 9.98 Å². The molecule has 0 saturated heterocycles. The standard InChI is InChI=1S/C74H90N4O6/c1-11-15-21-33-53-55(35-23-17-13-3)71(83)77-63-41-57(65(79)43-59(53)63)49-37-51(69(81)61(39-49)73(5,6)7)45-75-67(47-29-25-19-26-30-47)68(48-31-27-20-28-32-48)76-46-52-38-50(40-62(70(52)82)74(8,9)10)58-42-64-60(44-66(58)80)54(34-22-16-12-2)56(72(84)78-64)36-24-18-14-4/h19-20,25-32,37-46,67-68,79-82H,11-18,21-24,33-36H2,1-10H3,(H,77,83)(H,78,84)/t67-,68-/m1/s1. The van der Waals surface area contributed by atoms with Crippen molar-refractivity contribution in [1.29, 1.82) is 0 Å². The Kier molecular flexibility index (Phi) is 20.6. The van der Waals surface area contributed by atoms with Crippen LogP contribution in [0.15, 0.2) is 129 Å². The Hall–Kier alpha value is -7.72. The lowest BCUT2D eigenvalue weighted by Crippen LogP contribution is -2.17. The highest BCUT2D eigenvalue weighted by molar-refractivity contribution is 5.95. The van der Waals surface area contributed by atoms with E-state index in [9.17, 15) is 30.0 Å². The Morgan fingerprint density at radius 2 is 0.774 bits per heavy atom. The number of pyridine rings is 2. The zero-order chi connectivity index (χ0) is 60.3. The molecule has 0 unspecified atom stereocenters. The van der Waals surface area contributed by atoms with E-state index in [-0.39, 0.29) is 34.1 Å². The lowest BCUT2D eigenvalue weighted by molar-refractivity contribution is 0.445. The predicted octanol–water partition coefficient (Wildman–Crippen LogP) is 18.1. The number of aliphatic imine (C=N–C) groups is 2. The summed E-state index contributed by atoms with van der Waals surface area (Å²) in [6.45, 7) is 20.9. The first kappa shape index (κ1) is 62.3. The number of aromatic amines is 2. The van der Waals surface area contributed by atoms with Crippen LogP contribution in [0.25, 0.3) is 44.1 Å². The maximum atomic E-state index is 13.9. The summed E-state index contributed by atoms with van der Waals surface area (Å²) in [6.07, 6.45) is 18.4. The van der Waals surface area contributed by atoms with Crippen LogP contribution >= 0.6 is 0 Å². The lowest BCUT2D eigenvalue weighted by Gasteiger charge is -2.25. The van der Waals surface area contributed by atoms with Crippen molar-refractivity contribution in [3.05, 3.63) is 186 Å². The van der Waals surface area contributed by atoms with E-state index in [4.69, 9.17) is 9.98 Å². The minimum absolute atomic E-state index is 0.0581. The van der Waals surface area contributed by atoms with Crippen LogP contribution in [-0.4, -0.2) is 42.8 Å². The van der Waals surface area contributed by atoms with Crippen LogP contribution in [0.3, 0.4) is 0 Å². The van der Waals surface area contributed by atoms with E-state index < -0.39 is 22.9 Å². The molecule has 442 valence electrons. The summed E-state index contributed by atoms with van der Waals surface area (Å²) in [5.74, 6) is 0.267. The number of hydrogen-bond donors (Lipinski definition) is 6. The molecule has 2 heterocycles. The van der Waals surface area contributed by atoms with Gasteiger partial charge in [0.1, 0.15) is 35.1 Å². The first-order chi connectivity index (χ1) is 40.3. The molecular weight excluding hydrogens is 1040 g/mol. The molecule has 10 heteroatoms. The zero-order valence-corrected chi connectivity index (χ0v) is 51.5. The highest BCUT2D eigenvalue weighted by atomic mass is 16.3. The largest absolute Gasteiger partial charge is 0.507 e. The first-order valence-electron chi connectivity index (χ1n) is 31.0. The van der Waals surface area contributed by atoms with Crippen molar-refractivity contribution in [2.45, 2.75) is 195 Å². The first-order valence-corrected chi connectivity index (χ1v) is 31.0. The molecule has 0 fully saturated rings. The van der Waals surface area contributed by atoms with Crippen molar-refractivity contribution < 1.29 is 20.4 Å². The number of hydrogen-bond acceptors (Lipinski definition) is 8. The van der Waals surface area contributed by atoms with Gasteiger partial charge in [0.15, 0.2) is 0 Å². The molecule has 0 bridgehead atoms. The third kappa shape index (κ3) is 14.4. The number of aromatic nitrogens is 2. The van der Waals surface area contributed by atoms with Crippen molar-refractivity contribution >= 4 is 34.2 Å². The quantitative estimate of drug-likeness (QED) is 0.0246. The van der Waals surface area contributed by atoms with Gasteiger partial charge in [0.05, 0.1) is 0 Å². The molecule has 84 heavy (non-hydrogen) atoms. The Bertz CT molecular complexity index is 3500. The molecule has 8 rings (SSSR count). The molecule has 0 saturated carbocycles. The molecule has 6 aromatic carbocycles. The van der Waals surface area contributed by atoms with Gasteiger partial charge in [-0.3, -0.25) is 19.6 Å². The van der Waals surface area contributed by atoms with Crippen LogP contribution < -0.4 is 11.1 Å². The Morgan fingerprint density at radius 1 is 0.440 bits per heavy atom. The van der Waals surface area contributed by atoms with Gasteiger partial charge in [0.25, 0.3) is 11.1 Å². The highest BCUT2D eigenvalue weighted by Crippen LogP contribution is 2.44. The summed E-state index contributed by atoms with van der Waals surface area (Å²) >= 11 is 0. The molecule has 10 nitrogen and oxygen atoms in total. The second kappa shape index (κ2) is 27.8. The third-order valence-electron chi connectivity index (χ3n) is 16.7. The van der Waals surface area contributed by atoms with Gasteiger partial charge in [-0.05, 0) is 144 Å². The summed E-state index contributed by atoms with van der Waals surface area (Å²) in [7, 11) is 0. The Labute approximate surface area is 497 Å². The number of aryl methyl sites for hydroxylation is 2. The van der Waals surface area contributed by atoms with E-state index in [0.717, 1.165) is 134 Å². The fourth-order valence-corrected chi connectivity index (χ4v) is 11.9. The van der Waals surface area contributed by atoms with Crippen LogP contribution in [0.4, 0.5) is 0 Å². The van der Waals surface area contributed by atoms with Gasteiger partial charge >= 0.3 is 0 Å². The third-order valence-corrected chi connectivity index (χ3v) is 16.7. The topological polar surface area (TPSA) is 171 Å². The van der Waals surface area contributed by atoms with E-state index in [2.05, 4.69) is 37.7 Å². The molecule has 0 amide bonds. The molecule has 2 atom stereocenters. The van der Waals surface area contributed by atoms with Crippen molar-refractivity contribution in [2.75, 3.05) is 0 Å². The number of nitrogens with zero attached hydrogens (tertiary/aromatic N) is 2. The fourth-order valence-electron chi connectivity index (χ4n) is 11.9. The van der Waals surface area contributed by atoms with Gasteiger partial charge in [-0.15, -0.1) is 0 Å². The van der Waals surface area contributed by atoms with Gasteiger partial charge in [-0.25, -0.2) is 0 Å². The number of phenolic OH excluding ortho intramolecular Hbond substituents is 4. The van der Waals surface area contributed by atoms with Crippen LogP contribution in [-0.2, 0) is 36.5 Å². The number of fused-ring (bicyclic) bond motifs is 2. The van der Waals surface area contributed by atoms with E-state index >= 15 is 0 Å². The average molecular weight is 1130 g/mol. The molecule has 6 N–H and O–H groups in total. The van der Waals surface area contributed by atoms with Gasteiger partial charge in [-0.1, -0.05) is 181 Å². The molecule has 0 spiro atoms. The lowest BCUT2D eigenvalue weighted by atomic mass is 9.83. The average Bonchev–Trinajstić information content (AvgIpc) is 1.56. The van der Waals surface area contributed by atoms with Gasteiger partial charge in [0, 0.05) is 78.7 Å². The van der Waals surface area contributed by atoms with E-state index in [1.165, 1.54) is 0 Å². The van der Waals surface area contributed by atoms with Crippen molar-refractivity contribution in [3.63, 3.8) is 0 Å². The number of rotatable bonds is 25. The predicted molar refractivity (Wildman–Crippen MR) is 351 cm³/mol. The second-order valence-electron chi connectivity index (χ2n) is 25.2. The maximum absolute atomic E-state index is 13.9. The Morgan fingerprint density at radius 3 is 1.10 bits per heavy atom.